The molecule has 1 heterocycles. The molecule has 2 rings (SSSR count). The number of hydrogen-bond donors (Lipinski definition) is 1. The summed E-state index contributed by atoms with van der Waals surface area (Å²) in [5.74, 6) is 0. The molecular weight excluding hydrogens is 226 g/mol. The van der Waals surface area contributed by atoms with Gasteiger partial charge in [0.15, 0.2) is 0 Å². The number of nitrogens with two attached hydrogens (primary N) is 1. The van der Waals surface area contributed by atoms with Gasteiger partial charge in [-0.05, 0) is 17.5 Å². The van der Waals surface area contributed by atoms with Crippen LogP contribution in [0.4, 0.5) is 0 Å². The Bertz CT molecular complexity index is 610. The summed E-state index contributed by atoms with van der Waals surface area (Å²) in [5, 5.41) is 0. The van der Waals surface area contributed by atoms with Crippen molar-refractivity contribution in [1.82, 2.24) is 9.55 Å². The molecule has 1 unspecified atom stereocenters. The van der Waals surface area contributed by atoms with Crippen LogP contribution in [0.3, 0.4) is 0 Å². The van der Waals surface area contributed by atoms with Gasteiger partial charge in [0.1, 0.15) is 0 Å². The van der Waals surface area contributed by atoms with E-state index in [2.05, 4.69) is 25.8 Å². The molecule has 4 heteroatoms. The van der Waals surface area contributed by atoms with Gasteiger partial charge in [-0.15, -0.1) is 0 Å². The molecule has 0 saturated carbocycles. The lowest BCUT2D eigenvalue weighted by Crippen LogP contribution is -2.41. The van der Waals surface area contributed by atoms with Crippen LogP contribution in [0.1, 0.15) is 20.8 Å². The summed E-state index contributed by atoms with van der Waals surface area (Å²) in [6.07, 6.45) is 1.36. The van der Waals surface area contributed by atoms with E-state index in [-0.39, 0.29) is 17.0 Å². The van der Waals surface area contributed by atoms with Gasteiger partial charge in [-0.25, -0.2) is 4.98 Å². The average molecular weight is 245 g/mol. The van der Waals surface area contributed by atoms with Crippen LogP contribution in [-0.2, 0) is 6.54 Å². The van der Waals surface area contributed by atoms with E-state index in [1.807, 2.05) is 24.3 Å². The maximum atomic E-state index is 11.9. The largest absolute Gasteiger partial charge is 0.326 e. The number of fused-ring (bicyclic) bond motifs is 1. The second kappa shape index (κ2) is 4.53. The van der Waals surface area contributed by atoms with Gasteiger partial charge in [-0.2, -0.15) is 0 Å². The Morgan fingerprint density at radius 2 is 2.00 bits per heavy atom. The fraction of sp³-hybridized carbons (Fsp3) is 0.429. The molecule has 1 aromatic heterocycles. The van der Waals surface area contributed by atoms with Crippen molar-refractivity contribution >= 4 is 11.0 Å². The fourth-order valence-corrected chi connectivity index (χ4v) is 1.77. The third kappa shape index (κ3) is 2.43. The van der Waals surface area contributed by atoms with E-state index in [1.165, 1.54) is 6.20 Å². The number of rotatable bonds is 2. The number of benzene rings is 1. The minimum atomic E-state index is -0.103. The molecular formula is C14H19N3O. The Hall–Kier alpha value is -1.68. The van der Waals surface area contributed by atoms with Crippen molar-refractivity contribution in [1.29, 1.82) is 0 Å². The van der Waals surface area contributed by atoms with Gasteiger partial charge in [0, 0.05) is 12.6 Å². The van der Waals surface area contributed by atoms with E-state index in [0.717, 1.165) is 11.0 Å². The van der Waals surface area contributed by atoms with Crippen LogP contribution in [-0.4, -0.2) is 15.6 Å². The normalized spacial score (nSPS) is 13.8. The highest BCUT2D eigenvalue weighted by Gasteiger charge is 2.21. The highest BCUT2D eigenvalue weighted by molar-refractivity contribution is 5.74. The zero-order valence-electron chi connectivity index (χ0n) is 11.1. The van der Waals surface area contributed by atoms with E-state index in [4.69, 9.17) is 5.73 Å². The fourth-order valence-electron chi connectivity index (χ4n) is 1.77. The molecule has 4 nitrogen and oxygen atoms in total. The molecule has 0 saturated heterocycles. The second-order valence-corrected chi connectivity index (χ2v) is 5.67. The Kier molecular flexibility index (Phi) is 3.22. The molecule has 0 bridgehead atoms. The number of hydrogen-bond acceptors (Lipinski definition) is 3. The first-order valence-corrected chi connectivity index (χ1v) is 6.10. The second-order valence-electron chi connectivity index (χ2n) is 5.67. The molecule has 2 aromatic rings. The lowest BCUT2D eigenvalue weighted by atomic mass is 9.87. The minimum absolute atomic E-state index is 0.0379. The molecule has 18 heavy (non-hydrogen) atoms. The first-order chi connectivity index (χ1) is 8.39. The predicted octanol–water partition coefficient (Wildman–Crippen LogP) is 1.77. The smallest absolute Gasteiger partial charge is 0.269 e. The molecule has 1 atom stereocenters. The maximum absolute atomic E-state index is 11.9. The van der Waals surface area contributed by atoms with Crippen LogP contribution in [0, 0.1) is 5.41 Å². The van der Waals surface area contributed by atoms with E-state index < -0.39 is 0 Å². The van der Waals surface area contributed by atoms with Gasteiger partial charge >= 0.3 is 0 Å². The van der Waals surface area contributed by atoms with Crippen LogP contribution < -0.4 is 11.3 Å². The maximum Gasteiger partial charge on any atom is 0.269 e. The Morgan fingerprint density at radius 3 is 2.67 bits per heavy atom. The summed E-state index contributed by atoms with van der Waals surface area (Å²) in [5.41, 5.74) is 7.68. The standard InChI is InChI=1S/C14H19N3O/c1-14(2,3)12(15)9-17-11-7-5-4-6-10(11)16-8-13(17)18/h4-8,12H,9,15H2,1-3H3. The highest BCUT2D eigenvalue weighted by Crippen LogP contribution is 2.19. The van der Waals surface area contributed by atoms with Gasteiger partial charge in [0.05, 0.1) is 17.2 Å². The van der Waals surface area contributed by atoms with E-state index in [0.29, 0.717) is 6.54 Å². The molecule has 0 amide bonds. The van der Waals surface area contributed by atoms with E-state index >= 15 is 0 Å². The van der Waals surface area contributed by atoms with Crippen LogP contribution in [0.15, 0.2) is 35.3 Å². The van der Waals surface area contributed by atoms with Crippen molar-refractivity contribution in [3.63, 3.8) is 0 Å². The van der Waals surface area contributed by atoms with Crippen molar-refractivity contribution in [2.75, 3.05) is 0 Å². The molecule has 0 spiro atoms. The Morgan fingerprint density at radius 1 is 1.33 bits per heavy atom. The summed E-state index contributed by atoms with van der Waals surface area (Å²) in [6, 6.07) is 7.53. The van der Waals surface area contributed by atoms with Crippen LogP contribution >= 0.6 is 0 Å². The third-order valence-corrected chi connectivity index (χ3v) is 3.24. The molecule has 0 aliphatic rings. The summed E-state index contributed by atoms with van der Waals surface area (Å²) in [7, 11) is 0. The zero-order valence-corrected chi connectivity index (χ0v) is 11.1. The molecule has 0 aliphatic heterocycles. The molecule has 96 valence electrons. The van der Waals surface area contributed by atoms with Crippen molar-refractivity contribution < 1.29 is 0 Å². The Balaban J connectivity index is 2.50. The minimum Gasteiger partial charge on any atom is -0.326 e. The third-order valence-electron chi connectivity index (χ3n) is 3.24. The number of nitrogens with zero attached hydrogens (tertiary/aromatic N) is 2. The van der Waals surface area contributed by atoms with Crippen molar-refractivity contribution in [3.8, 4) is 0 Å². The zero-order chi connectivity index (χ0) is 13.3. The lowest BCUT2D eigenvalue weighted by molar-refractivity contribution is 0.291. The molecule has 0 aliphatic carbocycles. The summed E-state index contributed by atoms with van der Waals surface area (Å²) >= 11 is 0. The van der Waals surface area contributed by atoms with Gasteiger partial charge in [-0.1, -0.05) is 32.9 Å². The predicted molar refractivity (Wildman–Crippen MR) is 73.4 cm³/mol. The topological polar surface area (TPSA) is 60.9 Å². The Labute approximate surface area is 106 Å². The number of aromatic nitrogens is 2. The SMILES string of the molecule is CC(C)(C)C(N)Cn1c(=O)cnc2ccccc21. The first-order valence-electron chi connectivity index (χ1n) is 6.10. The van der Waals surface area contributed by atoms with Crippen molar-refractivity contribution in [2.45, 2.75) is 33.4 Å². The molecule has 1 aromatic carbocycles. The molecule has 2 N–H and O–H groups in total. The van der Waals surface area contributed by atoms with Gasteiger partial charge < -0.3 is 10.3 Å². The van der Waals surface area contributed by atoms with Crippen LogP contribution in [0.2, 0.25) is 0 Å². The van der Waals surface area contributed by atoms with Crippen molar-refractivity contribution in [3.05, 3.63) is 40.8 Å². The summed E-state index contributed by atoms with van der Waals surface area (Å²) < 4.78 is 1.71. The van der Waals surface area contributed by atoms with Gasteiger partial charge in [-0.3, -0.25) is 4.79 Å². The van der Waals surface area contributed by atoms with E-state index in [1.54, 1.807) is 4.57 Å². The highest BCUT2D eigenvalue weighted by atomic mass is 16.1. The summed E-state index contributed by atoms with van der Waals surface area (Å²) in [4.78, 5) is 16.1. The van der Waals surface area contributed by atoms with E-state index in [9.17, 15) is 4.79 Å². The molecule has 0 radical (unpaired) electrons. The van der Waals surface area contributed by atoms with Crippen molar-refractivity contribution in [2.24, 2.45) is 11.1 Å². The monoisotopic (exact) mass is 245 g/mol. The summed E-state index contributed by atoms with van der Waals surface area (Å²) in [6.45, 7) is 6.73. The quantitative estimate of drug-likeness (QED) is 0.877. The average Bonchev–Trinajstić information content (AvgIpc) is 2.31. The number of para-hydroxylation sites is 2. The van der Waals surface area contributed by atoms with Crippen LogP contribution in [0.5, 0.6) is 0 Å². The van der Waals surface area contributed by atoms with Crippen LogP contribution in [0.25, 0.3) is 11.0 Å². The van der Waals surface area contributed by atoms with Gasteiger partial charge in [0.25, 0.3) is 5.56 Å². The lowest BCUT2D eigenvalue weighted by Gasteiger charge is -2.27. The molecule has 0 fully saturated rings. The first kappa shape index (κ1) is 12.8. The van der Waals surface area contributed by atoms with Gasteiger partial charge in [0.2, 0.25) is 0 Å².